The lowest BCUT2D eigenvalue weighted by molar-refractivity contribution is -0.150. The molecule has 0 fully saturated rings. The number of methoxy groups -OCH3 is 1. The van der Waals surface area contributed by atoms with Gasteiger partial charge in [-0.25, -0.2) is 0 Å². The van der Waals surface area contributed by atoms with Crippen molar-refractivity contribution in [3.8, 4) is 0 Å². The second-order valence-electron chi connectivity index (χ2n) is 13.6. The molecule has 0 aromatic carbocycles. The summed E-state index contributed by atoms with van der Waals surface area (Å²) in [4.78, 5) is 12.4. The molecule has 1 aliphatic heterocycles. The van der Waals surface area contributed by atoms with Gasteiger partial charge in [-0.05, 0) is 60.9 Å². The summed E-state index contributed by atoms with van der Waals surface area (Å²) in [6.45, 7) is 28.0. The Labute approximate surface area is 230 Å². The summed E-state index contributed by atoms with van der Waals surface area (Å²) in [5.74, 6) is -1.05. The average Bonchev–Trinajstić information content (AvgIpc) is 2.80. The van der Waals surface area contributed by atoms with E-state index in [4.69, 9.17) is 13.6 Å². The molecule has 6 nitrogen and oxygen atoms in total. The summed E-state index contributed by atoms with van der Waals surface area (Å²) in [5, 5.41) is 15.4. The first-order chi connectivity index (χ1) is 16.9. The molecular weight excluding hydrogens is 498 g/mol. The maximum atomic E-state index is 12.4. The van der Waals surface area contributed by atoms with E-state index in [2.05, 4.69) is 92.9 Å². The van der Waals surface area contributed by atoms with Crippen molar-refractivity contribution >= 4 is 22.6 Å². The van der Waals surface area contributed by atoms with Crippen LogP contribution in [-0.2, 0) is 18.4 Å². The minimum absolute atomic E-state index is 0.0648. The number of nitrogens with one attached hydrogen (secondary N) is 1. The van der Waals surface area contributed by atoms with Crippen LogP contribution in [-0.4, -0.2) is 65.7 Å². The highest BCUT2D eigenvalue weighted by atomic mass is 28.4. The molecule has 0 spiro atoms. The minimum Gasteiger partial charge on any atom is -0.469 e. The van der Waals surface area contributed by atoms with Gasteiger partial charge in [0.05, 0.1) is 24.7 Å². The third-order valence-corrected chi connectivity index (χ3v) is 19.7. The Hall–Kier alpha value is -0.516. The van der Waals surface area contributed by atoms with Gasteiger partial charge in [0.25, 0.3) is 0 Å². The maximum Gasteiger partial charge on any atom is 0.311 e. The number of aliphatic hydroxyl groups excluding tert-OH is 1. The summed E-state index contributed by atoms with van der Waals surface area (Å²) in [6.07, 6.45) is 5.57. The Kier molecular flexibility index (Phi) is 12.8. The molecule has 0 radical (unpaired) electrons. The molecule has 0 aromatic heterocycles. The fraction of sp³-hybridized carbons (Fsp3) is 0.897. The predicted molar refractivity (Wildman–Crippen MR) is 160 cm³/mol. The van der Waals surface area contributed by atoms with E-state index >= 15 is 0 Å². The van der Waals surface area contributed by atoms with E-state index in [1.165, 1.54) is 7.11 Å². The zero-order valence-electron chi connectivity index (χ0n) is 26.2. The molecule has 8 heteroatoms. The van der Waals surface area contributed by atoms with Gasteiger partial charge in [-0.1, -0.05) is 74.5 Å². The van der Waals surface area contributed by atoms with Crippen LogP contribution in [0.25, 0.3) is 0 Å². The first-order valence-corrected chi connectivity index (χ1v) is 19.4. The van der Waals surface area contributed by atoms with Crippen LogP contribution in [0.5, 0.6) is 0 Å². The summed E-state index contributed by atoms with van der Waals surface area (Å²) in [5.41, 5.74) is 0.830. The molecule has 4 atom stereocenters. The van der Waals surface area contributed by atoms with Crippen LogP contribution in [0.4, 0.5) is 0 Å². The van der Waals surface area contributed by atoms with Crippen molar-refractivity contribution in [2.75, 3.05) is 20.3 Å². The molecule has 0 amide bonds. The van der Waals surface area contributed by atoms with Crippen LogP contribution < -0.4 is 5.32 Å². The molecule has 218 valence electrons. The lowest BCUT2D eigenvalue weighted by atomic mass is 9.78. The SMILES string of the molecule is COC(=O)C(C)C(O)[C@]1(CCCO[Si](C(C)C)(C(C)C)C(C)C)C=CC[C@H](CO[Si](C)(C)C(C)(C)C)N1. The molecule has 1 heterocycles. The number of esters is 1. The number of hydrogen-bond acceptors (Lipinski definition) is 6. The summed E-state index contributed by atoms with van der Waals surface area (Å²) >= 11 is 0. The first kappa shape index (κ1) is 34.5. The molecule has 1 aliphatic rings. The van der Waals surface area contributed by atoms with Crippen LogP contribution in [0, 0.1) is 5.92 Å². The monoisotopic (exact) mass is 557 g/mol. The van der Waals surface area contributed by atoms with Gasteiger partial charge >= 0.3 is 5.97 Å². The van der Waals surface area contributed by atoms with E-state index in [1.54, 1.807) is 6.92 Å². The van der Waals surface area contributed by atoms with Crippen LogP contribution in [0.1, 0.15) is 88.5 Å². The van der Waals surface area contributed by atoms with Crippen LogP contribution >= 0.6 is 0 Å². The second-order valence-corrected chi connectivity index (χ2v) is 23.9. The Morgan fingerprint density at radius 3 is 2.05 bits per heavy atom. The standard InChI is InChI=1S/C29H59NO5Si2/c1-21(2)37(22(3)4,23(5)6)34-19-15-18-29(26(31)24(7)27(32)33-11)17-14-16-25(30-29)20-35-36(12,13)28(8,9)10/h14,17,21-26,30-31H,15-16,18-20H2,1-13H3/t24?,25-,26?,29-/m1/s1. The van der Waals surface area contributed by atoms with Crippen molar-refractivity contribution in [3.63, 3.8) is 0 Å². The van der Waals surface area contributed by atoms with Gasteiger partial charge in [0.15, 0.2) is 16.6 Å². The van der Waals surface area contributed by atoms with Gasteiger partial charge in [-0.15, -0.1) is 0 Å². The Morgan fingerprint density at radius 1 is 1.05 bits per heavy atom. The quantitative estimate of drug-likeness (QED) is 0.106. The van der Waals surface area contributed by atoms with Gasteiger partial charge < -0.3 is 24.0 Å². The Morgan fingerprint density at radius 2 is 1.59 bits per heavy atom. The van der Waals surface area contributed by atoms with Crippen molar-refractivity contribution in [2.45, 2.75) is 141 Å². The first-order valence-electron chi connectivity index (χ1n) is 14.4. The molecule has 0 saturated carbocycles. The Balaban J connectivity index is 3.11. The van der Waals surface area contributed by atoms with E-state index in [1.807, 2.05) is 0 Å². The molecule has 0 saturated heterocycles. The number of carbonyl (C=O) groups is 1. The second kappa shape index (κ2) is 13.7. The largest absolute Gasteiger partial charge is 0.469 e. The molecule has 1 rings (SSSR count). The third kappa shape index (κ3) is 8.24. The summed E-state index contributed by atoms with van der Waals surface area (Å²) in [6, 6.07) is 0.0648. The van der Waals surface area contributed by atoms with E-state index in [9.17, 15) is 9.90 Å². The molecule has 0 bridgehead atoms. The normalized spacial score (nSPS) is 23.1. The zero-order valence-corrected chi connectivity index (χ0v) is 28.2. The highest BCUT2D eigenvalue weighted by molar-refractivity contribution is 6.77. The minimum atomic E-state index is -1.97. The topological polar surface area (TPSA) is 77.0 Å². The zero-order chi connectivity index (χ0) is 28.8. The highest BCUT2D eigenvalue weighted by Gasteiger charge is 2.47. The van der Waals surface area contributed by atoms with Crippen molar-refractivity contribution in [1.82, 2.24) is 5.32 Å². The fourth-order valence-electron chi connectivity index (χ4n) is 5.93. The highest BCUT2D eigenvalue weighted by Crippen LogP contribution is 2.42. The number of carbonyl (C=O) groups excluding carboxylic acids is 1. The fourth-order valence-corrected chi connectivity index (χ4v) is 12.5. The Bertz CT molecular complexity index is 725. The van der Waals surface area contributed by atoms with Crippen LogP contribution in [0.15, 0.2) is 12.2 Å². The number of ether oxygens (including phenoxy) is 1. The lowest BCUT2D eigenvalue weighted by Gasteiger charge is -2.45. The lowest BCUT2D eigenvalue weighted by Crippen LogP contribution is -2.62. The number of aliphatic hydroxyl groups is 1. The van der Waals surface area contributed by atoms with E-state index in [0.29, 0.717) is 36.3 Å². The van der Waals surface area contributed by atoms with E-state index < -0.39 is 40.2 Å². The van der Waals surface area contributed by atoms with E-state index in [0.717, 1.165) is 12.8 Å². The number of rotatable bonds is 14. The van der Waals surface area contributed by atoms with Crippen molar-refractivity contribution in [3.05, 3.63) is 12.2 Å². The molecule has 0 aromatic rings. The van der Waals surface area contributed by atoms with E-state index in [-0.39, 0.29) is 11.1 Å². The van der Waals surface area contributed by atoms with Gasteiger partial charge in [-0.2, -0.15) is 0 Å². The predicted octanol–water partition coefficient (Wildman–Crippen LogP) is 6.81. The van der Waals surface area contributed by atoms with Crippen molar-refractivity contribution in [2.24, 2.45) is 5.92 Å². The number of hydrogen-bond donors (Lipinski definition) is 2. The molecule has 37 heavy (non-hydrogen) atoms. The third-order valence-electron chi connectivity index (χ3n) is 9.13. The smallest absolute Gasteiger partial charge is 0.311 e. The molecule has 2 unspecified atom stereocenters. The average molecular weight is 558 g/mol. The molecule has 0 aliphatic carbocycles. The van der Waals surface area contributed by atoms with Crippen molar-refractivity contribution in [1.29, 1.82) is 0 Å². The summed E-state index contributed by atoms with van der Waals surface area (Å²) in [7, 11) is -2.50. The maximum absolute atomic E-state index is 12.4. The summed E-state index contributed by atoms with van der Waals surface area (Å²) < 4.78 is 18.3. The van der Waals surface area contributed by atoms with Crippen LogP contribution in [0.2, 0.25) is 34.8 Å². The molecule has 2 N–H and O–H groups in total. The van der Waals surface area contributed by atoms with Crippen molar-refractivity contribution < 1.29 is 23.5 Å². The molecular formula is C29H59NO5Si2. The van der Waals surface area contributed by atoms with Gasteiger partial charge in [0.2, 0.25) is 0 Å². The van der Waals surface area contributed by atoms with Crippen LogP contribution in [0.3, 0.4) is 0 Å². The van der Waals surface area contributed by atoms with Gasteiger partial charge in [0, 0.05) is 19.3 Å². The van der Waals surface area contributed by atoms with Gasteiger partial charge in [-0.3, -0.25) is 4.79 Å². The van der Waals surface area contributed by atoms with Gasteiger partial charge in [0.1, 0.15) is 0 Å².